The zero-order valence-electron chi connectivity index (χ0n) is 21.2. The Kier molecular flexibility index (Phi) is 28.8. The van der Waals surface area contributed by atoms with Gasteiger partial charge in [-0.05, 0) is 25.7 Å². The molecule has 2 heteroatoms. The van der Waals surface area contributed by atoms with Crippen LogP contribution < -0.4 is 0 Å². The highest BCUT2D eigenvalue weighted by atomic mass is 16.5. The van der Waals surface area contributed by atoms with Gasteiger partial charge in [0.05, 0.1) is 0 Å². The summed E-state index contributed by atoms with van der Waals surface area (Å²) >= 11 is 0. The van der Waals surface area contributed by atoms with E-state index in [9.17, 15) is 0 Å². The molecule has 0 bridgehead atoms. The summed E-state index contributed by atoms with van der Waals surface area (Å²) in [7, 11) is 0. The molecule has 0 aliphatic carbocycles. The minimum Gasteiger partial charge on any atom is -0.381 e. The van der Waals surface area contributed by atoms with E-state index in [1.165, 1.54) is 141 Å². The smallest absolute Gasteiger partial charge is 0.0466 e. The lowest BCUT2D eigenvalue weighted by Gasteiger charge is -2.06. The third kappa shape index (κ3) is 27.9. The van der Waals surface area contributed by atoms with Gasteiger partial charge in [-0.2, -0.15) is 0 Å². The first-order valence-corrected chi connectivity index (χ1v) is 14.1. The fraction of sp³-hybridized carbons (Fsp3) is 1.00. The predicted octanol–water partition coefficient (Wildman–Crippen LogP) is 9.64. The molecule has 0 spiro atoms. The zero-order chi connectivity index (χ0) is 21.8. The van der Waals surface area contributed by atoms with E-state index >= 15 is 0 Å². The fourth-order valence-corrected chi connectivity index (χ4v) is 4.00. The average molecular weight is 427 g/mol. The van der Waals surface area contributed by atoms with Crippen molar-refractivity contribution in [3.05, 3.63) is 0 Å². The van der Waals surface area contributed by atoms with Gasteiger partial charge < -0.3 is 9.47 Å². The maximum absolute atomic E-state index is 5.78. The topological polar surface area (TPSA) is 18.5 Å². The standard InChI is InChI=1S/C28H58O2/c1-3-5-7-9-11-13-15-17-21-25-29-27-23-19-20-24-28-30-26-22-18-16-14-12-10-8-6-4-2/h3-28H2,1-2H3. The van der Waals surface area contributed by atoms with Crippen LogP contribution in [0.2, 0.25) is 0 Å². The molecule has 0 N–H and O–H groups in total. The predicted molar refractivity (Wildman–Crippen MR) is 135 cm³/mol. The number of unbranched alkanes of at least 4 members (excludes halogenated alkanes) is 19. The number of rotatable bonds is 27. The van der Waals surface area contributed by atoms with Gasteiger partial charge in [0.1, 0.15) is 0 Å². The molecule has 30 heavy (non-hydrogen) atoms. The summed E-state index contributed by atoms with van der Waals surface area (Å²) in [5.41, 5.74) is 0. The van der Waals surface area contributed by atoms with Gasteiger partial charge in [-0.15, -0.1) is 0 Å². The van der Waals surface area contributed by atoms with Crippen LogP contribution in [0.1, 0.15) is 155 Å². The van der Waals surface area contributed by atoms with Crippen LogP contribution in [-0.4, -0.2) is 26.4 Å². The van der Waals surface area contributed by atoms with E-state index in [1.54, 1.807) is 0 Å². The molecule has 0 aliphatic rings. The molecule has 0 saturated heterocycles. The molecular weight excluding hydrogens is 368 g/mol. The lowest BCUT2D eigenvalue weighted by molar-refractivity contribution is 0.117. The molecule has 0 radical (unpaired) electrons. The van der Waals surface area contributed by atoms with Gasteiger partial charge in [0.15, 0.2) is 0 Å². The maximum atomic E-state index is 5.78. The summed E-state index contributed by atoms with van der Waals surface area (Å²) in [5.74, 6) is 0. The molecule has 0 aliphatic heterocycles. The van der Waals surface area contributed by atoms with E-state index in [4.69, 9.17) is 9.47 Å². The third-order valence-corrected chi connectivity index (χ3v) is 6.11. The van der Waals surface area contributed by atoms with Gasteiger partial charge in [-0.1, -0.05) is 129 Å². The maximum Gasteiger partial charge on any atom is 0.0466 e. The fourth-order valence-electron chi connectivity index (χ4n) is 4.00. The van der Waals surface area contributed by atoms with Crippen LogP contribution in [-0.2, 0) is 9.47 Å². The Morgan fingerprint density at radius 2 is 0.467 bits per heavy atom. The first-order valence-electron chi connectivity index (χ1n) is 14.1. The molecule has 0 fully saturated rings. The van der Waals surface area contributed by atoms with Gasteiger partial charge in [-0.25, -0.2) is 0 Å². The Morgan fingerprint density at radius 3 is 0.700 bits per heavy atom. The van der Waals surface area contributed by atoms with Crippen LogP contribution in [0.4, 0.5) is 0 Å². The lowest BCUT2D eigenvalue weighted by Crippen LogP contribution is -1.99. The highest BCUT2D eigenvalue weighted by Gasteiger charge is 1.96. The van der Waals surface area contributed by atoms with Crippen molar-refractivity contribution in [2.75, 3.05) is 26.4 Å². The first kappa shape index (κ1) is 29.9. The normalized spacial score (nSPS) is 11.4. The van der Waals surface area contributed by atoms with E-state index < -0.39 is 0 Å². The van der Waals surface area contributed by atoms with E-state index in [-0.39, 0.29) is 0 Å². The van der Waals surface area contributed by atoms with Crippen molar-refractivity contribution in [2.45, 2.75) is 155 Å². The van der Waals surface area contributed by atoms with Crippen LogP contribution in [0.15, 0.2) is 0 Å². The van der Waals surface area contributed by atoms with Crippen LogP contribution in [0.3, 0.4) is 0 Å². The summed E-state index contributed by atoms with van der Waals surface area (Å²) in [6.07, 6.45) is 30.0. The monoisotopic (exact) mass is 426 g/mol. The highest BCUT2D eigenvalue weighted by Crippen LogP contribution is 2.11. The van der Waals surface area contributed by atoms with Gasteiger partial charge in [0.2, 0.25) is 0 Å². The molecule has 0 aromatic heterocycles. The second-order valence-corrected chi connectivity index (χ2v) is 9.30. The molecule has 0 rings (SSSR count). The summed E-state index contributed by atoms with van der Waals surface area (Å²) in [5, 5.41) is 0. The van der Waals surface area contributed by atoms with Crippen LogP contribution in [0.5, 0.6) is 0 Å². The Balaban J connectivity index is 2.97. The first-order chi connectivity index (χ1) is 14.9. The molecule has 0 aromatic carbocycles. The summed E-state index contributed by atoms with van der Waals surface area (Å²) in [6.45, 7) is 8.42. The van der Waals surface area contributed by atoms with Gasteiger partial charge >= 0.3 is 0 Å². The van der Waals surface area contributed by atoms with E-state index in [2.05, 4.69) is 13.8 Å². The molecular formula is C28H58O2. The van der Waals surface area contributed by atoms with Crippen molar-refractivity contribution < 1.29 is 9.47 Å². The summed E-state index contributed by atoms with van der Waals surface area (Å²) in [6, 6.07) is 0. The average Bonchev–Trinajstić information content (AvgIpc) is 2.76. The number of hydrogen-bond donors (Lipinski definition) is 0. The Bertz CT molecular complexity index is 252. The molecule has 0 saturated carbocycles. The minimum absolute atomic E-state index is 0.955. The van der Waals surface area contributed by atoms with E-state index in [0.717, 1.165) is 26.4 Å². The van der Waals surface area contributed by atoms with Crippen molar-refractivity contribution in [1.29, 1.82) is 0 Å². The van der Waals surface area contributed by atoms with Crippen molar-refractivity contribution in [3.8, 4) is 0 Å². The minimum atomic E-state index is 0.955. The largest absolute Gasteiger partial charge is 0.381 e. The van der Waals surface area contributed by atoms with E-state index in [1.807, 2.05) is 0 Å². The third-order valence-electron chi connectivity index (χ3n) is 6.11. The molecule has 0 atom stereocenters. The van der Waals surface area contributed by atoms with Crippen molar-refractivity contribution >= 4 is 0 Å². The van der Waals surface area contributed by atoms with Crippen molar-refractivity contribution in [3.63, 3.8) is 0 Å². The lowest BCUT2D eigenvalue weighted by atomic mass is 10.1. The Labute approximate surface area is 191 Å². The Morgan fingerprint density at radius 1 is 0.267 bits per heavy atom. The summed E-state index contributed by atoms with van der Waals surface area (Å²) in [4.78, 5) is 0. The van der Waals surface area contributed by atoms with Crippen molar-refractivity contribution in [1.82, 2.24) is 0 Å². The number of hydrogen-bond acceptors (Lipinski definition) is 2. The van der Waals surface area contributed by atoms with Crippen LogP contribution >= 0.6 is 0 Å². The molecule has 0 heterocycles. The van der Waals surface area contributed by atoms with Gasteiger partial charge in [0.25, 0.3) is 0 Å². The second-order valence-electron chi connectivity index (χ2n) is 9.30. The van der Waals surface area contributed by atoms with Gasteiger partial charge in [0, 0.05) is 26.4 Å². The van der Waals surface area contributed by atoms with Crippen LogP contribution in [0, 0.1) is 0 Å². The quantitative estimate of drug-likeness (QED) is 0.122. The van der Waals surface area contributed by atoms with Gasteiger partial charge in [-0.3, -0.25) is 0 Å². The SMILES string of the molecule is CCCCCCCCCCCOCCCCCCOCCCCCCCCCCC. The molecule has 2 nitrogen and oxygen atoms in total. The summed E-state index contributed by atoms with van der Waals surface area (Å²) < 4.78 is 11.6. The molecule has 182 valence electrons. The second kappa shape index (κ2) is 28.9. The van der Waals surface area contributed by atoms with Crippen LogP contribution in [0.25, 0.3) is 0 Å². The zero-order valence-corrected chi connectivity index (χ0v) is 21.2. The van der Waals surface area contributed by atoms with E-state index in [0.29, 0.717) is 0 Å². The molecule has 0 aromatic rings. The van der Waals surface area contributed by atoms with Crippen molar-refractivity contribution in [2.24, 2.45) is 0 Å². The Hall–Kier alpha value is -0.0800. The highest BCUT2D eigenvalue weighted by molar-refractivity contribution is 4.49. The molecule has 0 unspecified atom stereocenters. The molecule has 0 amide bonds. The number of ether oxygens (including phenoxy) is 2.